The summed E-state index contributed by atoms with van der Waals surface area (Å²) in [6, 6.07) is 0. The summed E-state index contributed by atoms with van der Waals surface area (Å²) in [7, 11) is 0. The topological polar surface area (TPSA) is 58.0 Å². The SMILES string of the molecule is CCC1CCC2(CCOC2CN=[N+]=[N-])CC1. The van der Waals surface area contributed by atoms with Gasteiger partial charge in [0.05, 0.1) is 12.6 Å². The van der Waals surface area contributed by atoms with Crippen LogP contribution in [0.4, 0.5) is 0 Å². The third kappa shape index (κ3) is 2.18. The second-order valence-corrected chi connectivity index (χ2v) is 5.24. The van der Waals surface area contributed by atoms with Crippen molar-refractivity contribution in [1.29, 1.82) is 0 Å². The van der Waals surface area contributed by atoms with E-state index in [0.29, 0.717) is 12.0 Å². The molecule has 4 nitrogen and oxygen atoms in total. The van der Waals surface area contributed by atoms with Crippen molar-refractivity contribution in [1.82, 2.24) is 0 Å². The van der Waals surface area contributed by atoms with Crippen LogP contribution in [0.3, 0.4) is 0 Å². The molecule has 1 spiro atoms. The van der Waals surface area contributed by atoms with Gasteiger partial charge in [-0.1, -0.05) is 18.5 Å². The summed E-state index contributed by atoms with van der Waals surface area (Å²) in [5, 5.41) is 3.70. The van der Waals surface area contributed by atoms with Gasteiger partial charge in [0.1, 0.15) is 0 Å². The van der Waals surface area contributed by atoms with Gasteiger partial charge in [0, 0.05) is 11.5 Å². The van der Waals surface area contributed by atoms with E-state index in [9.17, 15) is 0 Å². The summed E-state index contributed by atoms with van der Waals surface area (Å²) in [5.41, 5.74) is 8.73. The highest BCUT2D eigenvalue weighted by Gasteiger charge is 2.45. The fraction of sp³-hybridized carbons (Fsp3) is 1.00. The summed E-state index contributed by atoms with van der Waals surface area (Å²) in [6.45, 7) is 3.65. The molecule has 1 atom stereocenters. The number of ether oxygens (including phenoxy) is 1. The molecule has 4 heteroatoms. The second kappa shape index (κ2) is 5.07. The second-order valence-electron chi connectivity index (χ2n) is 5.24. The Balaban J connectivity index is 1.98. The standard InChI is InChI=1S/C12H21N3O/c1-2-10-3-5-12(6-4-10)7-8-16-11(12)9-14-15-13/h10-11H,2-9H2,1H3. The Morgan fingerprint density at radius 2 is 2.12 bits per heavy atom. The lowest BCUT2D eigenvalue weighted by atomic mass is 9.66. The van der Waals surface area contributed by atoms with Crippen LogP contribution in [0.25, 0.3) is 10.4 Å². The van der Waals surface area contributed by atoms with Crippen LogP contribution in [0, 0.1) is 11.3 Å². The molecule has 0 aromatic rings. The van der Waals surface area contributed by atoms with Crippen molar-refractivity contribution in [3.05, 3.63) is 10.4 Å². The number of rotatable bonds is 3. The number of azide groups is 1. The minimum atomic E-state index is 0.182. The van der Waals surface area contributed by atoms with Crippen LogP contribution >= 0.6 is 0 Å². The van der Waals surface area contributed by atoms with Crippen molar-refractivity contribution in [2.45, 2.75) is 51.6 Å². The van der Waals surface area contributed by atoms with E-state index in [1.165, 1.54) is 32.1 Å². The Labute approximate surface area is 97.0 Å². The van der Waals surface area contributed by atoms with E-state index in [-0.39, 0.29) is 6.10 Å². The van der Waals surface area contributed by atoms with Gasteiger partial charge in [-0.2, -0.15) is 0 Å². The van der Waals surface area contributed by atoms with E-state index in [1.54, 1.807) is 0 Å². The predicted octanol–water partition coefficient (Wildman–Crippen LogP) is 3.67. The highest BCUT2D eigenvalue weighted by atomic mass is 16.5. The van der Waals surface area contributed by atoms with Crippen molar-refractivity contribution in [3.8, 4) is 0 Å². The first-order valence-electron chi connectivity index (χ1n) is 6.43. The van der Waals surface area contributed by atoms with E-state index < -0.39 is 0 Å². The summed E-state index contributed by atoms with van der Waals surface area (Å²) in [6.07, 6.45) is 7.82. The molecule has 2 aliphatic rings. The van der Waals surface area contributed by atoms with Crippen molar-refractivity contribution in [2.75, 3.05) is 13.2 Å². The van der Waals surface area contributed by atoms with Crippen LogP contribution in [-0.4, -0.2) is 19.3 Å². The zero-order chi connectivity index (χ0) is 11.4. The fourth-order valence-corrected chi connectivity index (χ4v) is 3.33. The highest BCUT2D eigenvalue weighted by molar-refractivity contribution is 4.96. The summed E-state index contributed by atoms with van der Waals surface area (Å²) in [4.78, 5) is 2.85. The highest BCUT2D eigenvalue weighted by Crippen LogP contribution is 2.49. The zero-order valence-corrected chi connectivity index (χ0v) is 10.1. The minimum absolute atomic E-state index is 0.182. The maximum Gasteiger partial charge on any atom is 0.0688 e. The third-order valence-electron chi connectivity index (χ3n) is 4.59. The summed E-state index contributed by atoms with van der Waals surface area (Å²) >= 11 is 0. The van der Waals surface area contributed by atoms with Crippen LogP contribution < -0.4 is 0 Å². The van der Waals surface area contributed by atoms with Gasteiger partial charge in [0.2, 0.25) is 0 Å². The lowest BCUT2D eigenvalue weighted by Gasteiger charge is -2.40. The molecular formula is C12H21N3O. The van der Waals surface area contributed by atoms with Crippen molar-refractivity contribution in [3.63, 3.8) is 0 Å². The smallest absolute Gasteiger partial charge is 0.0688 e. The lowest BCUT2D eigenvalue weighted by Crippen LogP contribution is -2.36. The van der Waals surface area contributed by atoms with Crippen LogP contribution in [-0.2, 0) is 4.74 Å². The van der Waals surface area contributed by atoms with Gasteiger partial charge in [-0.15, -0.1) is 0 Å². The molecule has 1 heterocycles. The molecule has 1 saturated carbocycles. The molecule has 0 aromatic carbocycles. The molecule has 1 saturated heterocycles. The molecule has 2 fully saturated rings. The first-order valence-corrected chi connectivity index (χ1v) is 6.43. The number of nitrogens with zero attached hydrogens (tertiary/aromatic N) is 3. The normalized spacial score (nSPS) is 38.6. The Hall–Kier alpha value is -0.730. The van der Waals surface area contributed by atoms with E-state index in [2.05, 4.69) is 16.9 Å². The van der Waals surface area contributed by atoms with Crippen molar-refractivity contribution in [2.24, 2.45) is 16.4 Å². The van der Waals surface area contributed by atoms with Crippen LogP contribution in [0.15, 0.2) is 5.11 Å². The lowest BCUT2D eigenvalue weighted by molar-refractivity contribution is 0.0249. The molecule has 0 bridgehead atoms. The van der Waals surface area contributed by atoms with E-state index in [1.807, 2.05) is 0 Å². The predicted molar refractivity (Wildman–Crippen MR) is 63.1 cm³/mol. The summed E-state index contributed by atoms with van der Waals surface area (Å²) in [5.74, 6) is 0.909. The average Bonchev–Trinajstić information content (AvgIpc) is 2.71. The van der Waals surface area contributed by atoms with Gasteiger partial charge in [0.25, 0.3) is 0 Å². The maximum absolute atomic E-state index is 8.40. The van der Waals surface area contributed by atoms with E-state index in [4.69, 9.17) is 10.3 Å². The average molecular weight is 223 g/mol. The number of hydrogen-bond acceptors (Lipinski definition) is 2. The monoisotopic (exact) mass is 223 g/mol. The molecule has 2 rings (SSSR count). The van der Waals surface area contributed by atoms with Crippen LogP contribution in [0.5, 0.6) is 0 Å². The molecule has 16 heavy (non-hydrogen) atoms. The largest absolute Gasteiger partial charge is 0.377 e. The Bertz CT molecular complexity index is 278. The van der Waals surface area contributed by atoms with Gasteiger partial charge in [-0.25, -0.2) is 0 Å². The quantitative estimate of drug-likeness (QED) is 0.409. The van der Waals surface area contributed by atoms with Gasteiger partial charge in [-0.3, -0.25) is 0 Å². The van der Waals surface area contributed by atoms with Gasteiger partial charge < -0.3 is 4.74 Å². The molecule has 0 aromatic heterocycles. The molecule has 0 amide bonds. The Kier molecular flexibility index (Phi) is 3.72. The molecule has 1 unspecified atom stereocenters. The molecule has 1 aliphatic heterocycles. The molecule has 90 valence electrons. The summed E-state index contributed by atoms with van der Waals surface area (Å²) < 4.78 is 5.75. The third-order valence-corrected chi connectivity index (χ3v) is 4.59. The zero-order valence-electron chi connectivity index (χ0n) is 10.1. The van der Waals surface area contributed by atoms with Crippen LogP contribution in [0.1, 0.15) is 45.4 Å². The van der Waals surface area contributed by atoms with Crippen LogP contribution in [0.2, 0.25) is 0 Å². The molecule has 0 N–H and O–H groups in total. The van der Waals surface area contributed by atoms with Gasteiger partial charge in [-0.05, 0) is 49.0 Å². The van der Waals surface area contributed by atoms with Crippen molar-refractivity contribution >= 4 is 0 Å². The Morgan fingerprint density at radius 1 is 1.38 bits per heavy atom. The van der Waals surface area contributed by atoms with Gasteiger partial charge in [0.15, 0.2) is 0 Å². The first-order chi connectivity index (χ1) is 7.80. The molecule has 0 radical (unpaired) electrons. The Morgan fingerprint density at radius 3 is 2.75 bits per heavy atom. The van der Waals surface area contributed by atoms with Gasteiger partial charge >= 0.3 is 0 Å². The van der Waals surface area contributed by atoms with Crippen molar-refractivity contribution < 1.29 is 4.74 Å². The minimum Gasteiger partial charge on any atom is -0.377 e. The molecular weight excluding hydrogens is 202 g/mol. The fourth-order valence-electron chi connectivity index (χ4n) is 3.33. The first kappa shape index (κ1) is 11.7. The van der Waals surface area contributed by atoms with E-state index in [0.717, 1.165) is 18.9 Å². The van der Waals surface area contributed by atoms with E-state index >= 15 is 0 Å². The molecule has 1 aliphatic carbocycles. The maximum atomic E-state index is 8.40. The number of hydrogen-bond donors (Lipinski definition) is 0.